The van der Waals surface area contributed by atoms with Crippen LogP contribution in [0, 0.1) is 5.92 Å². The van der Waals surface area contributed by atoms with Gasteiger partial charge in [0.1, 0.15) is 11.3 Å². The largest absolute Gasteiger partial charge is 0.456 e. The second kappa shape index (κ2) is 14.8. The van der Waals surface area contributed by atoms with Gasteiger partial charge in [-0.2, -0.15) is 0 Å². The molecular formula is C50H41N3O. The normalized spacial score (nSPS) is 17.2. The Bertz CT molecular complexity index is 2680. The van der Waals surface area contributed by atoms with Crippen LogP contribution in [0.2, 0.25) is 0 Å². The first-order chi connectivity index (χ1) is 26.7. The number of hydrogen-bond donors (Lipinski definition) is 0. The molecule has 4 heteroatoms. The number of furan rings is 1. The van der Waals surface area contributed by atoms with E-state index in [-0.39, 0.29) is 0 Å². The highest BCUT2D eigenvalue weighted by Crippen LogP contribution is 2.38. The molecule has 3 heterocycles. The molecule has 1 unspecified atom stereocenters. The highest BCUT2D eigenvalue weighted by Gasteiger charge is 2.21. The zero-order valence-corrected chi connectivity index (χ0v) is 30.2. The molecule has 0 fully saturated rings. The van der Waals surface area contributed by atoms with Crippen LogP contribution >= 0.6 is 0 Å². The second-order valence-corrected chi connectivity index (χ2v) is 14.2. The van der Waals surface area contributed by atoms with Crippen molar-refractivity contribution < 1.29 is 4.42 Å². The third kappa shape index (κ3) is 6.87. The molecule has 1 atom stereocenters. The molecule has 4 nitrogen and oxygen atoms in total. The molecule has 3 aliphatic carbocycles. The smallest absolute Gasteiger partial charge is 0.134 e. The summed E-state index contributed by atoms with van der Waals surface area (Å²) in [4.78, 5) is 10.9. The number of rotatable bonds is 9. The van der Waals surface area contributed by atoms with E-state index in [4.69, 9.17) is 4.42 Å². The van der Waals surface area contributed by atoms with Gasteiger partial charge in [0, 0.05) is 52.6 Å². The minimum absolute atomic E-state index is 0.331. The zero-order valence-electron chi connectivity index (χ0n) is 30.2. The maximum Gasteiger partial charge on any atom is 0.134 e. The van der Waals surface area contributed by atoms with Gasteiger partial charge in [-0.3, -0.25) is 9.97 Å². The fourth-order valence-electron chi connectivity index (χ4n) is 7.84. The Morgan fingerprint density at radius 1 is 0.704 bits per heavy atom. The van der Waals surface area contributed by atoms with E-state index in [0.717, 1.165) is 65.6 Å². The molecule has 9 rings (SSSR count). The summed E-state index contributed by atoms with van der Waals surface area (Å²) >= 11 is 0. The molecule has 0 aliphatic heterocycles. The van der Waals surface area contributed by atoms with Crippen molar-refractivity contribution in [1.82, 2.24) is 9.97 Å². The van der Waals surface area contributed by atoms with E-state index in [1.165, 1.54) is 49.4 Å². The van der Waals surface area contributed by atoms with Crippen molar-refractivity contribution in [3.05, 3.63) is 204 Å². The average Bonchev–Trinajstić information content (AvgIpc) is 3.68. The Morgan fingerprint density at radius 3 is 2.30 bits per heavy atom. The first-order valence-corrected chi connectivity index (χ1v) is 18.8. The number of allylic oxidation sites excluding steroid dienone is 12. The quantitative estimate of drug-likeness (QED) is 0.141. The zero-order chi connectivity index (χ0) is 36.3. The van der Waals surface area contributed by atoms with Gasteiger partial charge in [0.05, 0.1) is 0 Å². The van der Waals surface area contributed by atoms with Crippen molar-refractivity contribution >= 4 is 45.2 Å². The monoisotopic (exact) mass is 699 g/mol. The van der Waals surface area contributed by atoms with Gasteiger partial charge in [-0.1, -0.05) is 91.6 Å². The van der Waals surface area contributed by atoms with Crippen LogP contribution in [-0.4, -0.2) is 9.97 Å². The summed E-state index contributed by atoms with van der Waals surface area (Å²) in [6, 6.07) is 30.0. The van der Waals surface area contributed by atoms with Gasteiger partial charge in [0.15, 0.2) is 0 Å². The van der Waals surface area contributed by atoms with E-state index in [2.05, 4.69) is 149 Å². The summed E-state index contributed by atoms with van der Waals surface area (Å²) in [7, 11) is 0. The molecular weight excluding hydrogens is 659 g/mol. The highest BCUT2D eigenvalue weighted by molar-refractivity contribution is 5.87. The van der Waals surface area contributed by atoms with Crippen molar-refractivity contribution in [2.75, 3.05) is 4.90 Å². The summed E-state index contributed by atoms with van der Waals surface area (Å²) in [6.45, 7) is 4.29. The van der Waals surface area contributed by atoms with Gasteiger partial charge >= 0.3 is 0 Å². The van der Waals surface area contributed by atoms with E-state index in [1.54, 1.807) is 0 Å². The van der Waals surface area contributed by atoms with Crippen LogP contribution in [0.15, 0.2) is 192 Å². The Morgan fingerprint density at radius 2 is 1.48 bits per heavy atom. The standard InChI is InChI=1S/C50H41N3O/c1-2-46(8-5-6-35-10-11-44-33-51-28-26-41(44)30-35)53(48-24-20-38(21-25-48)40-16-17-45-34-52-29-27-42(45)31-40)47-22-18-37(19-23-47)36-12-14-39(15-13-36)50-32-43-7-3-4-9-49(43)54-50/h2-9,11-12,14,16-18,20-22,24-35H,1,10,13,15,19,23H2/b6-5+,46-8+. The predicted molar refractivity (Wildman–Crippen MR) is 225 cm³/mol. The number of pyridine rings is 2. The lowest BCUT2D eigenvalue weighted by molar-refractivity contribution is 0.595. The van der Waals surface area contributed by atoms with Crippen molar-refractivity contribution in [3.63, 3.8) is 0 Å². The van der Waals surface area contributed by atoms with Crippen LogP contribution in [0.25, 0.3) is 50.6 Å². The Balaban J connectivity index is 1.01. The van der Waals surface area contributed by atoms with Crippen LogP contribution in [0.3, 0.4) is 0 Å². The molecule has 3 aromatic carbocycles. The fraction of sp³-hybridized carbons (Fsp3) is 0.120. The summed E-state index contributed by atoms with van der Waals surface area (Å²) < 4.78 is 6.18. The first kappa shape index (κ1) is 33.3. The maximum atomic E-state index is 6.18. The van der Waals surface area contributed by atoms with Crippen LogP contribution in [-0.2, 0) is 0 Å². The van der Waals surface area contributed by atoms with Gasteiger partial charge in [-0.15, -0.1) is 0 Å². The third-order valence-corrected chi connectivity index (χ3v) is 10.8. The van der Waals surface area contributed by atoms with Crippen LogP contribution in [0.4, 0.5) is 5.69 Å². The Labute approximate surface area is 316 Å². The van der Waals surface area contributed by atoms with E-state index in [0.29, 0.717) is 5.92 Å². The van der Waals surface area contributed by atoms with Crippen molar-refractivity contribution in [2.24, 2.45) is 5.92 Å². The third-order valence-electron chi connectivity index (χ3n) is 10.8. The molecule has 262 valence electrons. The molecule has 3 aromatic heterocycles. The number of para-hydroxylation sites is 1. The van der Waals surface area contributed by atoms with Crippen LogP contribution in [0.1, 0.15) is 37.9 Å². The lowest BCUT2D eigenvalue weighted by atomic mass is 9.87. The summed E-state index contributed by atoms with van der Waals surface area (Å²) in [5.74, 6) is 1.31. The number of fused-ring (bicyclic) bond motifs is 3. The van der Waals surface area contributed by atoms with Gasteiger partial charge in [0.2, 0.25) is 0 Å². The fourth-order valence-corrected chi connectivity index (χ4v) is 7.84. The molecule has 0 saturated heterocycles. The predicted octanol–water partition coefficient (Wildman–Crippen LogP) is 11.2. The van der Waals surface area contributed by atoms with Crippen LogP contribution < -0.4 is 15.3 Å². The van der Waals surface area contributed by atoms with Gasteiger partial charge in [-0.25, -0.2) is 0 Å². The Hall–Kier alpha value is -6.52. The minimum Gasteiger partial charge on any atom is -0.456 e. The Kier molecular flexibility index (Phi) is 9.16. The van der Waals surface area contributed by atoms with E-state index in [9.17, 15) is 0 Å². The lowest BCUT2D eigenvalue weighted by Crippen LogP contribution is -2.28. The van der Waals surface area contributed by atoms with Crippen molar-refractivity contribution in [3.8, 4) is 11.1 Å². The van der Waals surface area contributed by atoms with Gasteiger partial charge in [0.25, 0.3) is 0 Å². The maximum absolute atomic E-state index is 6.18. The number of aromatic nitrogens is 2. The molecule has 54 heavy (non-hydrogen) atoms. The molecule has 0 N–H and O–H groups in total. The summed E-state index contributed by atoms with van der Waals surface area (Å²) in [5.41, 5.74) is 10.8. The van der Waals surface area contributed by atoms with Gasteiger partial charge < -0.3 is 9.32 Å². The summed E-state index contributed by atoms with van der Waals surface area (Å²) in [6.07, 6.45) is 34.9. The molecule has 6 aromatic rings. The summed E-state index contributed by atoms with van der Waals surface area (Å²) in [5, 5.41) is 5.94. The number of nitrogens with zero attached hydrogens (tertiary/aromatic N) is 3. The molecule has 0 spiro atoms. The minimum atomic E-state index is 0.331. The molecule has 0 radical (unpaired) electrons. The molecule has 0 bridgehead atoms. The highest BCUT2D eigenvalue weighted by atomic mass is 16.3. The molecule has 0 amide bonds. The number of anilines is 1. The first-order valence-electron chi connectivity index (χ1n) is 18.8. The number of benzene rings is 3. The molecule has 3 aliphatic rings. The van der Waals surface area contributed by atoms with Crippen molar-refractivity contribution in [2.45, 2.75) is 32.1 Å². The van der Waals surface area contributed by atoms with Gasteiger partial charge in [-0.05, 0) is 142 Å². The van der Waals surface area contributed by atoms with E-state index >= 15 is 0 Å². The molecule has 0 saturated carbocycles. The van der Waals surface area contributed by atoms with Crippen molar-refractivity contribution in [1.29, 1.82) is 0 Å². The van der Waals surface area contributed by atoms with Crippen LogP contribution in [0.5, 0.6) is 0 Å². The van der Waals surface area contributed by atoms with E-state index in [1.807, 2.05) is 43.0 Å². The SMILES string of the molecule is C=C/C(=C\C=C\C1C=c2ccncc2=CC1)N(C1=CC=C(C2=CC=C(c3cc4ccccc4o3)CC2)CC1)c1ccc(-c2ccc3cnccc3c2)cc1. The second-order valence-electron chi connectivity index (χ2n) is 14.2. The topological polar surface area (TPSA) is 42.2 Å². The van der Waals surface area contributed by atoms with E-state index < -0.39 is 0 Å². The average molecular weight is 700 g/mol. The number of hydrogen-bond acceptors (Lipinski definition) is 4. The lowest BCUT2D eigenvalue weighted by Gasteiger charge is -2.31.